The molecule has 0 saturated carbocycles. The molecule has 0 bridgehead atoms. The molecule has 0 unspecified atom stereocenters. The standard InChI is InChI=1S/C17H14N4O4S2/c1-8-5-12-13(20-17(23)16(22)19-12)7-15(8)27(24,25)21-10-3-4-11-14(6-10)26-9(2)18-11/h3-7,21H,1-2H3,(H,19,22)(H,20,23). The molecule has 0 saturated heterocycles. The first-order valence-corrected chi connectivity index (χ1v) is 10.2. The number of nitrogens with zero attached hydrogens (tertiary/aromatic N) is 1. The van der Waals surface area contributed by atoms with Crippen molar-refractivity contribution in [2.45, 2.75) is 18.7 Å². The number of aromatic nitrogens is 3. The summed E-state index contributed by atoms with van der Waals surface area (Å²) in [6, 6.07) is 7.98. The van der Waals surface area contributed by atoms with Gasteiger partial charge in [0.05, 0.1) is 36.8 Å². The first-order valence-electron chi connectivity index (χ1n) is 7.90. The number of aromatic amines is 2. The molecule has 0 fully saturated rings. The molecule has 27 heavy (non-hydrogen) atoms. The van der Waals surface area contributed by atoms with Crippen molar-refractivity contribution in [1.82, 2.24) is 15.0 Å². The van der Waals surface area contributed by atoms with Crippen LogP contribution in [0.25, 0.3) is 21.3 Å². The lowest BCUT2D eigenvalue weighted by molar-refractivity contribution is 0.600. The third-order valence-electron chi connectivity index (χ3n) is 4.05. The largest absolute Gasteiger partial charge is 0.316 e. The molecule has 0 radical (unpaired) electrons. The number of fused-ring (bicyclic) bond motifs is 2. The molecule has 0 atom stereocenters. The number of rotatable bonds is 3. The lowest BCUT2D eigenvalue weighted by atomic mass is 10.2. The smallest absolute Gasteiger partial charge is 0.314 e. The molecule has 2 heterocycles. The van der Waals surface area contributed by atoms with Gasteiger partial charge in [-0.1, -0.05) is 0 Å². The van der Waals surface area contributed by atoms with E-state index in [1.165, 1.54) is 23.5 Å². The summed E-state index contributed by atoms with van der Waals surface area (Å²) in [4.78, 5) is 32.2. The zero-order chi connectivity index (χ0) is 19.3. The normalized spacial score (nSPS) is 11.9. The molecule has 4 aromatic rings. The van der Waals surface area contributed by atoms with Gasteiger partial charge in [0.25, 0.3) is 10.0 Å². The topological polar surface area (TPSA) is 125 Å². The minimum Gasteiger partial charge on any atom is -0.316 e. The number of nitrogens with one attached hydrogen (secondary N) is 3. The Morgan fingerprint density at radius 1 is 1.00 bits per heavy atom. The Labute approximate surface area is 157 Å². The van der Waals surface area contributed by atoms with Crippen molar-refractivity contribution < 1.29 is 8.42 Å². The van der Waals surface area contributed by atoms with Crippen molar-refractivity contribution in [1.29, 1.82) is 0 Å². The second-order valence-corrected chi connectivity index (χ2v) is 8.98. The first-order chi connectivity index (χ1) is 12.7. The third-order valence-corrected chi connectivity index (χ3v) is 6.51. The Hall–Kier alpha value is -2.98. The fraction of sp³-hybridized carbons (Fsp3) is 0.118. The van der Waals surface area contributed by atoms with E-state index in [-0.39, 0.29) is 10.4 Å². The molecule has 0 aliphatic carbocycles. The molecule has 0 aliphatic rings. The molecule has 2 aromatic carbocycles. The maximum atomic E-state index is 12.9. The first kappa shape index (κ1) is 17.4. The second kappa shape index (κ2) is 6.03. The Balaban J connectivity index is 1.80. The molecule has 2 aromatic heterocycles. The predicted octanol–water partition coefficient (Wildman–Crippen LogP) is 2.24. The number of anilines is 1. The summed E-state index contributed by atoms with van der Waals surface area (Å²) in [5, 5.41) is 0.897. The van der Waals surface area contributed by atoms with Crippen LogP contribution >= 0.6 is 11.3 Å². The molecule has 4 rings (SSSR count). The van der Waals surface area contributed by atoms with Crippen LogP contribution in [0.3, 0.4) is 0 Å². The number of aryl methyl sites for hydroxylation is 2. The van der Waals surface area contributed by atoms with Gasteiger partial charge < -0.3 is 9.97 Å². The number of benzene rings is 2. The zero-order valence-electron chi connectivity index (χ0n) is 14.3. The molecule has 0 spiro atoms. The Morgan fingerprint density at radius 3 is 2.37 bits per heavy atom. The van der Waals surface area contributed by atoms with Crippen LogP contribution in [-0.2, 0) is 10.0 Å². The summed E-state index contributed by atoms with van der Waals surface area (Å²) < 4.78 is 29.2. The van der Waals surface area contributed by atoms with E-state index < -0.39 is 21.1 Å². The van der Waals surface area contributed by atoms with Gasteiger partial charge in [0.1, 0.15) is 0 Å². The Bertz CT molecular complexity index is 1430. The fourth-order valence-electron chi connectivity index (χ4n) is 2.86. The van der Waals surface area contributed by atoms with Crippen molar-refractivity contribution >= 4 is 48.3 Å². The van der Waals surface area contributed by atoms with E-state index in [1.54, 1.807) is 25.1 Å². The van der Waals surface area contributed by atoms with E-state index in [9.17, 15) is 18.0 Å². The molecule has 138 valence electrons. The number of hydrogen-bond donors (Lipinski definition) is 3. The summed E-state index contributed by atoms with van der Waals surface area (Å²) in [6.07, 6.45) is 0. The van der Waals surface area contributed by atoms with Crippen molar-refractivity contribution in [3.05, 3.63) is 61.6 Å². The van der Waals surface area contributed by atoms with Gasteiger partial charge in [-0.05, 0) is 49.7 Å². The summed E-state index contributed by atoms with van der Waals surface area (Å²) in [5.74, 6) is 0. The average Bonchev–Trinajstić information content (AvgIpc) is 2.94. The van der Waals surface area contributed by atoms with Crippen molar-refractivity contribution in [3.63, 3.8) is 0 Å². The highest BCUT2D eigenvalue weighted by Crippen LogP contribution is 2.27. The van der Waals surface area contributed by atoms with E-state index in [1.807, 2.05) is 6.92 Å². The van der Waals surface area contributed by atoms with E-state index in [0.717, 1.165) is 15.2 Å². The van der Waals surface area contributed by atoms with Gasteiger partial charge in [-0.15, -0.1) is 11.3 Å². The number of sulfonamides is 1. The van der Waals surface area contributed by atoms with Gasteiger partial charge in [0.2, 0.25) is 0 Å². The van der Waals surface area contributed by atoms with Crippen molar-refractivity contribution in [3.8, 4) is 0 Å². The molecular formula is C17H14N4O4S2. The van der Waals surface area contributed by atoms with Gasteiger partial charge in [-0.2, -0.15) is 0 Å². The van der Waals surface area contributed by atoms with Gasteiger partial charge in [-0.25, -0.2) is 13.4 Å². The van der Waals surface area contributed by atoms with Crippen LogP contribution in [0.4, 0.5) is 5.69 Å². The predicted molar refractivity (Wildman–Crippen MR) is 105 cm³/mol. The molecule has 8 nitrogen and oxygen atoms in total. The van der Waals surface area contributed by atoms with Gasteiger partial charge in [0, 0.05) is 0 Å². The fourth-order valence-corrected chi connectivity index (χ4v) is 5.03. The molecular weight excluding hydrogens is 388 g/mol. The monoisotopic (exact) mass is 402 g/mol. The van der Waals surface area contributed by atoms with Gasteiger partial charge in [-0.3, -0.25) is 14.3 Å². The van der Waals surface area contributed by atoms with E-state index >= 15 is 0 Å². The van der Waals surface area contributed by atoms with Crippen LogP contribution in [0.15, 0.2) is 44.8 Å². The SMILES string of the molecule is Cc1nc2ccc(NS(=O)(=O)c3cc4[nH]c(=O)c(=O)[nH]c4cc3C)cc2s1. The van der Waals surface area contributed by atoms with Gasteiger partial charge in [0.15, 0.2) is 0 Å². The maximum absolute atomic E-state index is 12.9. The van der Waals surface area contributed by atoms with Crippen LogP contribution in [0.1, 0.15) is 10.6 Å². The number of thiazole rings is 1. The third kappa shape index (κ3) is 3.13. The summed E-state index contributed by atoms with van der Waals surface area (Å²) in [5.41, 5.74) is 0.631. The van der Waals surface area contributed by atoms with Crippen molar-refractivity contribution in [2.24, 2.45) is 0 Å². The minimum atomic E-state index is -3.90. The highest BCUT2D eigenvalue weighted by atomic mass is 32.2. The molecule has 3 N–H and O–H groups in total. The van der Waals surface area contributed by atoms with Crippen LogP contribution in [-0.4, -0.2) is 23.4 Å². The lowest BCUT2D eigenvalue weighted by Crippen LogP contribution is -2.29. The molecule has 0 aliphatic heterocycles. The van der Waals surface area contributed by atoms with Gasteiger partial charge >= 0.3 is 11.1 Å². The van der Waals surface area contributed by atoms with Crippen molar-refractivity contribution in [2.75, 3.05) is 4.72 Å². The summed E-state index contributed by atoms with van der Waals surface area (Å²) in [6.45, 7) is 3.51. The highest BCUT2D eigenvalue weighted by molar-refractivity contribution is 7.92. The maximum Gasteiger partial charge on any atom is 0.314 e. The lowest BCUT2D eigenvalue weighted by Gasteiger charge is -2.11. The average molecular weight is 402 g/mol. The summed E-state index contributed by atoms with van der Waals surface area (Å²) >= 11 is 1.48. The van der Waals surface area contributed by atoms with Crippen LogP contribution in [0, 0.1) is 13.8 Å². The second-order valence-electron chi connectivity index (χ2n) is 6.09. The van der Waals surface area contributed by atoms with E-state index in [2.05, 4.69) is 19.7 Å². The van der Waals surface area contributed by atoms with Crippen LogP contribution < -0.4 is 15.8 Å². The Kier molecular flexibility index (Phi) is 3.89. The van der Waals surface area contributed by atoms with Crippen LogP contribution in [0.5, 0.6) is 0 Å². The number of hydrogen-bond acceptors (Lipinski definition) is 6. The van der Waals surface area contributed by atoms with E-state index in [0.29, 0.717) is 16.8 Å². The quantitative estimate of drug-likeness (QED) is 0.453. The van der Waals surface area contributed by atoms with E-state index in [4.69, 9.17) is 0 Å². The van der Waals surface area contributed by atoms with Crippen LogP contribution in [0.2, 0.25) is 0 Å². The minimum absolute atomic E-state index is 0.0123. The summed E-state index contributed by atoms with van der Waals surface area (Å²) in [7, 11) is -3.90. The zero-order valence-corrected chi connectivity index (χ0v) is 15.9. The molecule has 10 heteroatoms. The number of H-pyrrole nitrogens is 2. The highest BCUT2D eigenvalue weighted by Gasteiger charge is 2.19. The Morgan fingerprint density at radius 2 is 1.67 bits per heavy atom. The molecule has 0 amide bonds.